The fraction of sp³-hybridized carbons (Fsp3) is 0.538. The Balaban J connectivity index is 2.12. The standard InChI is InChI=1S/C13H19FN2S/c1-9-10(2)17-7-6-16(9)8-11-4-3-5-12(15)13(11)14/h3-5,9-10H,6-8,15H2,1-2H3. The molecule has 2 N–H and O–H groups in total. The number of thioether (sulfide) groups is 1. The van der Waals surface area contributed by atoms with E-state index < -0.39 is 0 Å². The third kappa shape index (κ3) is 2.75. The number of nitrogen functional groups attached to an aromatic ring is 1. The van der Waals surface area contributed by atoms with E-state index in [2.05, 4.69) is 18.7 Å². The quantitative estimate of drug-likeness (QED) is 0.823. The van der Waals surface area contributed by atoms with Gasteiger partial charge in [-0.3, -0.25) is 4.90 Å². The molecule has 1 aromatic rings. The first-order chi connectivity index (χ1) is 8.09. The van der Waals surface area contributed by atoms with Crippen LogP contribution in [0.25, 0.3) is 0 Å². The summed E-state index contributed by atoms with van der Waals surface area (Å²) < 4.78 is 13.8. The molecule has 1 aliphatic heterocycles. The third-order valence-electron chi connectivity index (χ3n) is 3.50. The van der Waals surface area contributed by atoms with Crippen molar-refractivity contribution in [3.8, 4) is 0 Å². The number of hydrogen-bond donors (Lipinski definition) is 1. The summed E-state index contributed by atoms with van der Waals surface area (Å²) in [6.45, 7) is 6.12. The summed E-state index contributed by atoms with van der Waals surface area (Å²) in [5.41, 5.74) is 6.54. The SMILES string of the molecule is CC1SCCN(Cc2cccc(N)c2F)C1C. The van der Waals surface area contributed by atoms with Gasteiger partial charge in [0.1, 0.15) is 0 Å². The van der Waals surface area contributed by atoms with Crippen LogP contribution in [-0.2, 0) is 6.54 Å². The highest BCUT2D eigenvalue weighted by Gasteiger charge is 2.25. The van der Waals surface area contributed by atoms with Crippen molar-refractivity contribution >= 4 is 17.4 Å². The van der Waals surface area contributed by atoms with Gasteiger partial charge in [0.05, 0.1) is 5.69 Å². The van der Waals surface area contributed by atoms with Crippen LogP contribution in [0.15, 0.2) is 18.2 Å². The minimum absolute atomic E-state index is 0.245. The average molecular weight is 254 g/mol. The molecule has 94 valence electrons. The lowest BCUT2D eigenvalue weighted by molar-refractivity contribution is 0.202. The predicted molar refractivity (Wildman–Crippen MR) is 72.6 cm³/mol. The summed E-state index contributed by atoms with van der Waals surface area (Å²) in [6, 6.07) is 5.73. The van der Waals surface area contributed by atoms with Crippen LogP contribution in [0, 0.1) is 5.82 Å². The molecule has 0 aromatic heterocycles. The predicted octanol–water partition coefficient (Wildman–Crippen LogP) is 2.73. The maximum absolute atomic E-state index is 13.8. The van der Waals surface area contributed by atoms with E-state index in [-0.39, 0.29) is 11.5 Å². The molecule has 2 rings (SSSR count). The molecule has 2 atom stereocenters. The van der Waals surface area contributed by atoms with Gasteiger partial charge in [-0.2, -0.15) is 11.8 Å². The van der Waals surface area contributed by atoms with Crippen LogP contribution in [0.4, 0.5) is 10.1 Å². The van der Waals surface area contributed by atoms with Gasteiger partial charge in [0.25, 0.3) is 0 Å². The number of nitrogens with two attached hydrogens (primary N) is 1. The van der Waals surface area contributed by atoms with Crippen molar-refractivity contribution in [3.63, 3.8) is 0 Å². The van der Waals surface area contributed by atoms with Crippen LogP contribution in [0.5, 0.6) is 0 Å². The lowest BCUT2D eigenvalue weighted by Crippen LogP contribution is -2.44. The lowest BCUT2D eigenvalue weighted by Gasteiger charge is -2.37. The Morgan fingerprint density at radius 2 is 2.24 bits per heavy atom. The van der Waals surface area contributed by atoms with Crippen molar-refractivity contribution in [2.75, 3.05) is 18.0 Å². The van der Waals surface area contributed by atoms with Gasteiger partial charge in [0.2, 0.25) is 0 Å². The molecule has 0 aliphatic carbocycles. The van der Waals surface area contributed by atoms with Crippen molar-refractivity contribution in [2.24, 2.45) is 0 Å². The average Bonchev–Trinajstić information content (AvgIpc) is 2.31. The first-order valence-electron chi connectivity index (χ1n) is 5.98. The monoisotopic (exact) mass is 254 g/mol. The molecule has 0 radical (unpaired) electrons. The molecule has 1 heterocycles. The Morgan fingerprint density at radius 1 is 1.47 bits per heavy atom. The number of rotatable bonds is 2. The number of hydrogen-bond acceptors (Lipinski definition) is 3. The van der Waals surface area contributed by atoms with E-state index in [0.29, 0.717) is 23.4 Å². The molecule has 17 heavy (non-hydrogen) atoms. The van der Waals surface area contributed by atoms with Crippen LogP contribution in [-0.4, -0.2) is 28.5 Å². The minimum Gasteiger partial charge on any atom is -0.396 e. The van der Waals surface area contributed by atoms with Crippen molar-refractivity contribution < 1.29 is 4.39 Å². The van der Waals surface area contributed by atoms with Gasteiger partial charge >= 0.3 is 0 Å². The summed E-state index contributed by atoms with van der Waals surface area (Å²) in [4.78, 5) is 2.33. The van der Waals surface area contributed by atoms with Gasteiger partial charge in [-0.25, -0.2) is 4.39 Å². The second-order valence-corrected chi connectivity index (χ2v) is 6.09. The van der Waals surface area contributed by atoms with Gasteiger partial charge in [-0.1, -0.05) is 19.1 Å². The van der Waals surface area contributed by atoms with Crippen LogP contribution in [0.2, 0.25) is 0 Å². The van der Waals surface area contributed by atoms with Crippen molar-refractivity contribution in [1.82, 2.24) is 4.90 Å². The van der Waals surface area contributed by atoms with E-state index in [9.17, 15) is 4.39 Å². The molecule has 2 nitrogen and oxygen atoms in total. The minimum atomic E-state index is -0.259. The summed E-state index contributed by atoms with van der Waals surface area (Å²) in [5.74, 6) is 0.862. The number of halogens is 1. The highest BCUT2D eigenvalue weighted by molar-refractivity contribution is 8.00. The highest BCUT2D eigenvalue weighted by Crippen LogP contribution is 2.26. The fourth-order valence-corrected chi connectivity index (χ4v) is 3.32. The number of benzene rings is 1. The fourth-order valence-electron chi connectivity index (χ4n) is 2.16. The molecule has 0 amide bonds. The topological polar surface area (TPSA) is 29.3 Å². The first-order valence-corrected chi connectivity index (χ1v) is 7.03. The Kier molecular flexibility index (Phi) is 3.94. The Morgan fingerprint density at radius 3 is 3.00 bits per heavy atom. The van der Waals surface area contributed by atoms with E-state index in [1.165, 1.54) is 0 Å². The second kappa shape index (κ2) is 5.27. The molecule has 1 fully saturated rings. The van der Waals surface area contributed by atoms with E-state index >= 15 is 0 Å². The van der Waals surface area contributed by atoms with Crippen molar-refractivity contribution in [1.29, 1.82) is 0 Å². The summed E-state index contributed by atoms with van der Waals surface area (Å²) in [6.07, 6.45) is 0. The van der Waals surface area contributed by atoms with Gasteiger partial charge < -0.3 is 5.73 Å². The zero-order valence-corrected chi connectivity index (χ0v) is 11.1. The van der Waals surface area contributed by atoms with E-state index in [4.69, 9.17) is 5.73 Å². The van der Waals surface area contributed by atoms with Gasteiger partial charge in [-0.15, -0.1) is 0 Å². The molecule has 1 aromatic carbocycles. The molecule has 0 spiro atoms. The molecular weight excluding hydrogens is 235 g/mol. The maximum atomic E-state index is 13.8. The van der Waals surface area contributed by atoms with Crippen molar-refractivity contribution in [3.05, 3.63) is 29.6 Å². The van der Waals surface area contributed by atoms with Crippen LogP contribution < -0.4 is 5.73 Å². The van der Waals surface area contributed by atoms with Gasteiger partial charge in [0.15, 0.2) is 5.82 Å². The molecule has 0 bridgehead atoms. The second-order valence-electron chi connectivity index (χ2n) is 4.61. The number of anilines is 1. The zero-order valence-electron chi connectivity index (χ0n) is 10.3. The third-order valence-corrected chi connectivity index (χ3v) is 4.83. The summed E-state index contributed by atoms with van der Waals surface area (Å²) >= 11 is 1.99. The smallest absolute Gasteiger partial charge is 0.150 e. The molecular formula is C13H19FN2S. The normalized spacial score (nSPS) is 26.1. The first kappa shape index (κ1) is 12.7. The van der Waals surface area contributed by atoms with Crippen LogP contribution in [0.3, 0.4) is 0 Å². The molecule has 1 aliphatic rings. The van der Waals surface area contributed by atoms with Gasteiger partial charge in [-0.05, 0) is 13.0 Å². The zero-order chi connectivity index (χ0) is 12.4. The van der Waals surface area contributed by atoms with E-state index in [0.717, 1.165) is 12.3 Å². The van der Waals surface area contributed by atoms with Gasteiger partial charge in [0, 0.05) is 35.7 Å². The molecule has 2 unspecified atom stereocenters. The number of nitrogens with zero attached hydrogens (tertiary/aromatic N) is 1. The molecule has 1 saturated heterocycles. The largest absolute Gasteiger partial charge is 0.396 e. The van der Waals surface area contributed by atoms with E-state index in [1.54, 1.807) is 6.07 Å². The van der Waals surface area contributed by atoms with Crippen molar-refractivity contribution in [2.45, 2.75) is 31.7 Å². The summed E-state index contributed by atoms with van der Waals surface area (Å²) in [7, 11) is 0. The lowest BCUT2D eigenvalue weighted by atomic mass is 10.1. The maximum Gasteiger partial charge on any atom is 0.150 e. The Labute approximate surface area is 106 Å². The molecule has 0 saturated carbocycles. The Bertz CT molecular complexity index is 397. The highest BCUT2D eigenvalue weighted by atomic mass is 32.2. The summed E-state index contributed by atoms with van der Waals surface area (Å²) in [5, 5.41) is 0.605. The Hall–Kier alpha value is -0.740. The molecule has 4 heteroatoms. The van der Waals surface area contributed by atoms with Crippen LogP contribution in [0.1, 0.15) is 19.4 Å². The van der Waals surface area contributed by atoms with E-state index in [1.807, 2.05) is 23.9 Å². The van der Waals surface area contributed by atoms with Crippen LogP contribution >= 0.6 is 11.8 Å².